The third kappa shape index (κ3) is 4.64. The van der Waals surface area contributed by atoms with E-state index in [4.69, 9.17) is 4.74 Å². The highest BCUT2D eigenvalue weighted by atomic mass is 79.9. The van der Waals surface area contributed by atoms with Crippen LogP contribution >= 0.6 is 27.7 Å². The SMILES string of the molecule is Cc1ccc(OC(C)c2nnc(SCc3cccc(Br)c3)n2C)cc1. The van der Waals surface area contributed by atoms with Gasteiger partial charge in [0.05, 0.1) is 0 Å². The van der Waals surface area contributed by atoms with Gasteiger partial charge in [0.15, 0.2) is 17.1 Å². The fourth-order valence-corrected chi connectivity index (χ4v) is 3.76. The summed E-state index contributed by atoms with van der Waals surface area (Å²) in [5.74, 6) is 2.50. The summed E-state index contributed by atoms with van der Waals surface area (Å²) in [6.07, 6.45) is -0.166. The minimum Gasteiger partial charge on any atom is -0.483 e. The molecule has 4 nitrogen and oxygen atoms in total. The minimum atomic E-state index is -0.166. The van der Waals surface area contributed by atoms with Crippen LogP contribution < -0.4 is 4.74 Å². The number of halogens is 1. The second-order valence-electron chi connectivity index (χ2n) is 5.89. The van der Waals surface area contributed by atoms with Crippen molar-refractivity contribution in [3.63, 3.8) is 0 Å². The van der Waals surface area contributed by atoms with Crippen LogP contribution in [0.4, 0.5) is 0 Å². The van der Waals surface area contributed by atoms with Gasteiger partial charge in [0.1, 0.15) is 5.75 Å². The van der Waals surface area contributed by atoms with Crippen molar-refractivity contribution < 1.29 is 4.74 Å². The summed E-state index contributed by atoms with van der Waals surface area (Å²) in [7, 11) is 1.98. The second-order valence-corrected chi connectivity index (χ2v) is 7.75. The summed E-state index contributed by atoms with van der Waals surface area (Å²) in [6.45, 7) is 4.05. The summed E-state index contributed by atoms with van der Waals surface area (Å²) in [6, 6.07) is 16.3. The monoisotopic (exact) mass is 417 g/mol. The summed E-state index contributed by atoms with van der Waals surface area (Å²) in [4.78, 5) is 0. The highest BCUT2D eigenvalue weighted by Crippen LogP contribution is 2.26. The zero-order valence-electron chi connectivity index (χ0n) is 14.4. The Morgan fingerprint density at radius 2 is 1.92 bits per heavy atom. The molecule has 0 radical (unpaired) electrons. The number of aromatic nitrogens is 3. The van der Waals surface area contributed by atoms with Crippen molar-refractivity contribution in [2.24, 2.45) is 7.05 Å². The number of hydrogen-bond acceptors (Lipinski definition) is 4. The number of aryl methyl sites for hydroxylation is 1. The van der Waals surface area contributed by atoms with Crippen LogP contribution in [-0.4, -0.2) is 14.8 Å². The molecule has 3 aromatic rings. The quantitative estimate of drug-likeness (QED) is 0.508. The maximum atomic E-state index is 5.99. The Morgan fingerprint density at radius 3 is 2.64 bits per heavy atom. The molecule has 0 spiro atoms. The van der Waals surface area contributed by atoms with Gasteiger partial charge in [0.2, 0.25) is 0 Å². The smallest absolute Gasteiger partial charge is 0.191 e. The zero-order chi connectivity index (χ0) is 17.8. The van der Waals surface area contributed by atoms with E-state index in [1.54, 1.807) is 11.8 Å². The number of rotatable bonds is 6. The third-order valence-electron chi connectivity index (χ3n) is 3.82. The molecule has 0 bridgehead atoms. The molecule has 25 heavy (non-hydrogen) atoms. The molecule has 0 aliphatic rings. The Kier molecular flexibility index (Phi) is 5.81. The first-order valence-electron chi connectivity index (χ1n) is 8.03. The van der Waals surface area contributed by atoms with E-state index in [2.05, 4.69) is 45.2 Å². The van der Waals surface area contributed by atoms with Crippen molar-refractivity contribution in [2.75, 3.05) is 0 Å². The largest absolute Gasteiger partial charge is 0.483 e. The van der Waals surface area contributed by atoms with Crippen molar-refractivity contribution in [3.05, 3.63) is 70.0 Å². The number of ether oxygens (including phenoxy) is 1. The highest BCUT2D eigenvalue weighted by molar-refractivity contribution is 9.10. The number of thioether (sulfide) groups is 1. The van der Waals surface area contributed by atoms with Crippen LogP contribution in [0.2, 0.25) is 0 Å². The van der Waals surface area contributed by atoms with Crippen molar-refractivity contribution in [3.8, 4) is 5.75 Å². The average molecular weight is 418 g/mol. The molecule has 1 atom stereocenters. The molecule has 6 heteroatoms. The van der Waals surface area contributed by atoms with E-state index in [0.29, 0.717) is 0 Å². The van der Waals surface area contributed by atoms with Crippen molar-refractivity contribution in [1.82, 2.24) is 14.8 Å². The topological polar surface area (TPSA) is 39.9 Å². The lowest BCUT2D eigenvalue weighted by Crippen LogP contribution is -2.10. The van der Waals surface area contributed by atoms with Crippen molar-refractivity contribution in [1.29, 1.82) is 0 Å². The second kappa shape index (κ2) is 8.06. The number of hydrogen-bond donors (Lipinski definition) is 0. The molecule has 0 fully saturated rings. The van der Waals surface area contributed by atoms with Gasteiger partial charge in [-0.15, -0.1) is 10.2 Å². The van der Waals surface area contributed by atoms with E-state index >= 15 is 0 Å². The highest BCUT2D eigenvalue weighted by Gasteiger charge is 2.17. The molecule has 0 aliphatic carbocycles. The van der Waals surface area contributed by atoms with E-state index in [1.807, 2.05) is 54.9 Å². The van der Waals surface area contributed by atoms with Gasteiger partial charge in [-0.1, -0.05) is 57.5 Å². The van der Waals surface area contributed by atoms with Gasteiger partial charge in [-0.3, -0.25) is 0 Å². The lowest BCUT2D eigenvalue weighted by Gasteiger charge is -2.14. The van der Waals surface area contributed by atoms with E-state index in [9.17, 15) is 0 Å². The maximum Gasteiger partial charge on any atom is 0.191 e. The lowest BCUT2D eigenvalue weighted by atomic mass is 10.2. The first-order valence-corrected chi connectivity index (χ1v) is 9.80. The zero-order valence-corrected chi connectivity index (χ0v) is 16.8. The maximum absolute atomic E-state index is 5.99. The third-order valence-corrected chi connectivity index (χ3v) is 5.41. The summed E-state index contributed by atoms with van der Waals surface area (Å²) >= 11 is 5.17. The normalized spacial score (nSPS) is 12.2. The van der Waals surface area contributed by atoms with Crippen LogP contribution in [0.15, 0.2) is 58.2 Å². The van der Waals surface area contributed by atoms with Gasteiger partial charge in [0, 0.05) is 17.3 Å². The number of nitrogens with zero attached hydrogens (tertiary/aromatic N) is 3. The molecule has 130 valence electrons. The summed E-state index contributed by atoms with van der Waals surface area (Å²) in [5, 5.41) is 9.51. The molecule has 2 aromatic carbocycles. The minimum absolute atomic E-state index is 0.166. The Hall–Kier alpha value is -1.79. The van der Waals surface area contributed by atoms with Crippen LogP contribution in [0.1, 0.15) is 30.0 Å². The molecule has 0 saturated carbocycles. The van der Waals surface area contributed by atoms with Crippen molar-refractivity contribution >= 4 is 27.7 Å². The molecule has 0 amide bonds. The fourth-order valence-electron chi connectivity index (χ4n) is 2.45. The molecule has 0 aliphatic heterocycles. The van der Waals surface area contributed by atoms with Crippen LogP contribution in [0, 0.1) is 6.92 Å². The van der Waals surface area contributed by atoms with Gasteiger partial charge >= 0.3 is 0 Å². The molecular weight excluding hydrogens is 398 g/mol. The molecule has 3 rings (SSSR count). The predicted octanol–water partition coefficient (Wildman–Crippen LogP) is 5.32. The summed E-state index contributed by atoms with van der Waals surface area (Å²) in [5.41, 5.74) is 2.46. The first-order chi connectivity index (χ1) is 12.0. The molecule has 1 unspecified atom stereocenters. The molecule has 0 N–H and O–H groups in total. The summed E-state index contributed by atoms with van der Waals surface area (Å²) < 4.78 is 9.08. The van der Waals surface area contributed by atoms with Crippen LogP contribution in [0.25, 0.3) is 0 Å². The van der Waals surface area contributed by atoms with Gasteiger partial charge < -0.3 is 9.30 Å². The van der Waals surface area contributed by atoms with Gasteiger partial charge in [-0.25, -0.2) is 0 Å². The standard InChI is InChI=1S/C19H20BrN3OS/c1-13-7-9-17(10-8-13)24-14(2)18-21-22-19(23(18)3)25-12-15-5-4-6-16(20)11-15/h4-11,14H,12H2,1-3H3. The first kappa shape index (κ1) is 18.0. The van der Waals surface area contributed by atoms with E-state index < -0.39 is 0 Å². The van der Waals surface area contributed by atoms with Crippen LogP contribution in [-0.2, 0) is 12.8 Å². The average Bonchev–Trinajstić information content (AvgIpc) is 2.96. The molecular formula is C19H20BrN3OS. The Balaban J connectivity index is 1.66. The Bertz CT molecular complexity index is 848. The van der Waals surface area contributed by atoms with Gasteiger partial charge in [-0.2, -0.15) is 0 Å². The van der Waals surface area contributed by atoms with E-state index in [0.717, 1.165) is 27.0 Å². The van der Waals surface area contributed by atoms with Crippen molar-refractivity contribution in [2.45, 2.75) is 30.9 Å². The van der Waals surface area contributed by atoms with Crippen LogP contribution in [0.3, 0.4) is 0 Å². The Labute approximate surface area is 160 Å². The van der Waals surface area contributed by atoms with Crippen LogP contribution in [0.5, 0.6) is 5.75 Å². The fraction of sp³-hybridized carbons (Fsp3) is 0.263. The predicted molar refractivity (Wildman–Crippen MR) is 105 cm³/mol. The van der Waals surface area contributed by atoms with E-state index in [1.165, 1.54) is 11.1 Å². The van der Waals surface area contributed by atoms with Gasteiger partial charge in [0.25, 0.3) is 0 Å². The molecule has 0 saturated heterocycles. The molecule has 1 heterocycles. The van der Waals surface area contributed by atoms with E-state index in [-0.39, 0.29) is 6.10 Å². The Morgan fingerprint density at radius 1 is 1.16 bits per heavy atom. The molecule has 1 aromatic heterocycles. The lowest BCUT2D eigenvalue weighted by molar-refractivity contribution is 0.211. The van der Waals surface area contributed by atoms with Gasteiger partial charge in [-0.05, 0) is 43.7 Å². The number of benzene rings is 2.